The monoisotopic (exact) mass is 394 g/mol. The number of carbonyl (C=O) groups is 1. The van der Waals surface area contributed by atoms with Gasteiger partial charge in [-0.15, -0.1) is 0 Å². The summed E-state index contributed by atoms with van der Waals surface area (Å²) in [7, 11) is 0. The highest BCUT2D eigenvalue weighted by Crippen LogP contribution is 2.25. The van der Waals surface area contributed by atoms with E-state index in [9.17, 15) is 4.79 Å². The number of hydrogen-bond acceptors (Lipinski definition) is 5. The third kappa shape index (κ3) is 4.78. The van der Waals surface area contributed by atoms with Crippen molar-refractivity contribution in [2.24, 2.45) is 0 Å². The van der Waals surface area contributed by atoms with Gasteiger partial charge in [0, 0.05) is 25.0 Å². The van der Waals surface area contributed by atoms with Crippen molar-refractivity contribution >= 4 is 16.7 Å². The van der Waals surface area contributed by atoms with Crippen LogP contribution in [0, 0.1) is 6.92 Å². The van der Waals surface area contributed by atoms with E-state index < -0.39 is 0 Å². The number of amides is 1. The van der Waals surface area contributed by atoms with Gasteiger partial charge < -0.3 is 19.2 Å². The summed E-state index contributed by atoms with van der Waals surface area (Å²) in [6, 6.07) is 17.7. The third-order valence-corrected chi connectivity index (χ3v) is 5.18. The second kappa shape index (κ2) is 9.11. The van der Waals surface area contributed by atoms with E-state index in [0.29, 0.717) is 25.5 Å². The van der Waals surface area contributed by atoms with Crippen LogP contribution in [-0.4, -0.2) is 50.3 Å². The van der Waals surface area contributed by atoms with E-state index in [-0.39, 0.29) is 18.6 Å². The molecule has 1 unspecified atom stereocenters. The highest BCUT2D eigenvalue weighted by molar-refractivity contribution is 5.88. The summed E-state index contributed by atoms with van der Waals surface area (Å²) < 4.78 is 17.1. The first-order valence-electron chi connectivity index (χ1n) is 9.96. The molecule has 2 heterocycles. The summed E-state index contributed by atoms with van der Waals surface area (Å²) in [5, 5.41) is 5.09. The minimum absolute atomic E-state index is 0.0193. The van der Waals surface area contributed by atoms with Crippen LogP contribution in [0.25, 0.3) is 10.8 Å². The molecule has 1 amide bonds. The number of nitrogens with one attached hydrogen (secondary N) is 1. The lowest BCUT2D eigenvalue weighted by Gasteiger charge is -2.33. The Kier molecular flexibility index (Phi) is 6.12. The van der Waals surface area contributed by atoms with E-state index in [4.69, 9.17) is 13.9 Å². The van der Waals surface area contributed by atoms with Crippen LogP contribution >= 0.6 is 0 Å². The van der Waals surface area contributed by atoms with Gasteiger partial charge in [0.1, 0.15) is 17.3 Å². The Morgan fingerprint density at radius 2 is 1.90 bits per heavy atom. The van der Waals surface area contributed by atoms with Gasteiger partial charge in [0.15, 0.2) is 6.61 Å². The van der Waals surface area contributed by atoms with Gasteiger partial charge in [-0.1, -0.05) is 36.4 Å². The number of fused-ring (bicyclic) bond motifs is 1. The first kappa shape index (κ1) is 19.5. The summed E-state index contributed by atoms with van der Waals surface area (Å²) in [5.41, 5.74) is 0. The number of morpholine rings is 1. The van der Waals surface area contributed by atoms with Crippen LogP contribution in [0.15, 0.2) is 59.0 Å². The predicted octanol–water partition coefficient (Wildman–Crippen LogP) is 3.31. The van der Waals surface area contributed by atoms with Crippen molar-refractivity contribution in [3.8, 4) is 5.75 Å². The molecule has 0 spiro atoms. The number of aryl methyl sites for hydroxylation is 1. The maximum atomic E-state index is 12.5. The summed E-state index contributed by atoms with van der Waals surface area (Å²) >= 11 is 0. The minimum atomic E-state index is -0.153. The van der Waals surface area contributed by atoms with Crippen LogP contribution in [0.4, 0.5) is 0 Å². The molecule has 0 aliphatic carbocycles. The van der Waals surface area contributed by atoms with Crippen molar-refractivity contribution < 1.29 is 18.7 Å². The Bertz CT molecular complexity index is 957. The SMILES string of the molecule is Cc1ccc(C(CNC(=O)COc2cccc3ccccc23)N2CCOCC2)o1. The molecular formula is C23H26N2O4. The first-order valence-corrected chi connectivity index (χ1v) is 9.96. The van der Waals surface area contributed by atoms with Gasteiger partial charge in [0.25, 0.3) is 5.91 Å². The highest BCUT2D eigenvalue weighted by Gasteiger charge is 2.25. The molecular weight excluding hydrogens is 368 g/mol. The van der Waals surface area contributed by atoms with Crippen molar-refractivity contribution in [3.05, 3.63) is 66.1 Å². The molecule has 2 aromatic carbocycles. The average molecular weight is 394 g/mol. The topological polar surface area (TPSA) is 63.9 Å². The van der Waals surface area contributed by atoms with E-state index in [2.05, 4.69) is 10.2 Å². The molecule has 6 nitrogen and oxygen atoms in total. The summed E-state index contributed by atoms with van der Waals surface area (Å²) in [6.07, 6.45) is 0. The Balaban J connectivity index is 1.37. The number of benzene rings is 2. The summed E-state index contributed by atoms with van der Waals surface area (Å²) in [6.45, 7) is 5.37. The van der Waals surface area contributed by atoms with Crippen molar-refractivity contribution in [1.82, 2.24) is 10.2 Å². The Labute approximate surface area is 170 Å². The smallest absolute Gasteiger partial charge is 0.258 e. The van der Waals surface area contributed by atoms with E-state index in [1.165, 1.54) is 0 Å². The molecule has 1 aromatic heterocycles. The molecule has 1 atom stereocenters. The van der Waals surface area contributed by atoms with Gasteiger partial charge >= 0.3 is 0 Å². The molecule has 3 aromatic rings. The fraction of sp³-hybridized carbons (Fsp3) is 0.348. The largest absolute Gasteiger partial charge is 0.483 e. The zero-order valence-electron chi connectivity index (χ0n) is 16.6. The normalized spacial score (nSPS) is 15.9. The highest BCUT2D eigenvalue weighted by atomic mass is 16.5. The van der Waals surface area contributed by atoms with Crippen LogP contribution < -0.4 is 10.1 Å². The molecule has 1 saturated heterocycles. The lowest BCUT2D eigenvalue weighted by Crippen LogP contribution is -2.44. The number of nitrogens with zero attached hydrogens (tertiary/aromatic N) is 1. The summed E-state index contributed by atoms with van der Waals surface area (Å²) in [5.74, 6) is 2.28. The zero-order chi connectivity index (χ0) is 20.1. The molecule has 4 rings (SSSR count). The van der Waals surface area contributed by atoms with Crippen molar-refractivity contribution in [2.75, 3.05) is 39.5 Å². The molecule has 152 valence electrons. The molecule has 1 N–H and O–H groups in total. The van der Waals surface area contributed by atoms with E-state index in [1.54, 1.807) is 0 Å². The van der Waals surface area contributed by atoms with E-state index in [0.717, 1.165) is 35.4 Å². The van der Waals surface area contributed by atoms with Gasteiger partial charge in [0.05, 0.1) is 19.3 Å². The predicted molar refractivity (Wildman–Crippen MR) is 111 cm³/mol. The number of carbonyl (C=O) groups excluding carboxylic acids is 1. The first-order chi connectivity index (χ1) is 14.2. The van der Waals surface area contributed by atoms with Crippen LogP contribution in [0.5, 0.6) is 5.75 Å². The van der Waals surface area contributed by atoms with Crippen molar-refractivity contribution in [2.45, 2.75) is 13.0 Å². The maximum absolute atomic E-state index is 12.5. The van der Waals surface area contributed by atoms with Gasteiger partial charge in [-0.3, -0.25) is 9.69 Å². The maximum Gasteiger partial charge on any atom is 0.258 e. The van der Waals surface area contributed by atoms with Gasteiger partial charge in [-0.05, 0) is 30.5 Å². The number of ether oxygens (including phenoxy) is 2. The number of hydrogen-bond donors (Lipinski definition) is 1. The molecule has 1 fully saturated rings. The molecule has 0 saturated carbocycles. The molecule has 1 aliphatic rings. The average Bonchev–Trinajstić information content (AvgIpc) is 3.19. The molecule has 29 heavy (non-hydrogen) atoms. The van der Waals surface area contributed by atoms with Gasteiger partial charge in [-0.2, -0.15) is 0 Å². The molecule has 0 bridgehead atoms. The lowest BCUT2D eigenvalue weighted by molar-refractivity contribution is -0.123. The van der Waals surface area contributed by atoms with Crippen LogP contribution in [0.1, 0.15) is 17.6 Å². The van der Waals surface area contributed by atoms with Crippen molar-refractivity contribution in [1.29, 1.82) is 0 Å². The fourth-order valence-electron chi connectivity index (χ4n) is 3.66. The zero-order valence-corrected chi connectivity index (χ0v) is 16.6. The molecule has 0 radical (unpaired) electrons. The second-order valence-electron chi connectivity index (χ2n) is 7.18. The number of furan rings is 1. The number of rotatable bonds is 7. The van der Waals surface area contributed by atoms with Crippen LogP contribution in [0.3, 0.4) is 0 Å². The van der Waals surface area contributed by atoms with Crippen LogP contribution in [0.2, 0.25) is 0 Å². The second-order valence-corrected chi connectivity index (χ2v) is 7.18. The van der Waals surface area contributed by atoms with Crippen LogP contribution in [-0.2, 0) is 9.53 Å². The molecule has 1 aliphatic heterocycles. The quantitative estimate of drug-likeness (QED) is 0.666. The van der Waals surface area contributed by atoms with E-state index >= 15 is 0 Å². The fourth-order valence-corrected chi connectivity index (χ4v) is 3.66. The van der Waals surface area contributed by atoms with Gasteiger partial charge in [-0.25, -0.2) is 0 Å². The van der Waals surface area contributed by atoms with Crippen molar-refractivity contribution in [3.63, 3.8) is 0 Å². The standard InChI is InChI=1S/C23H26N2O4/c1-17-9-10-22(29-17)20(25-11-13-27-14-12-25)15-24-23(26)16-28-21-8-4-6-18-5-2-3-7-19(18)21/h2-10,20H,11-16H2,1H3,(H,24,26). The Morgan fingerprint density at radius 1 is 1.10 bits per heavy atom. The lowest BCUT2D eigenvalue weighted by atomic mass is 10.1. The Morgan fingerprint density at radius 3 is 2.69 bits per heavy atom. The minimum Gasteiger partial charge on any atom is -0.483 e. The summed E-state index contributed by atoms with van der Waals surface area (Å²) in [4.78, 5) is 14.8. The van der Waals surface area contributed by atoms with Gasteiger partial charge in [0.2, 0.25) is 0 Å². The third-order valence-electron chi connectivity index (χ3n) is 5.18. The van der Waals surface area contributed by atoms with E-state index in [1.807, 2.05) is 61.5 Å². The molecule has 6 heteroatoms. The Hall–Kier alpha value is -2.83.